The lowest BCUT2D eigenvalue weighted by atomic mass is 9.93. The number of likely N-dealkylation sites (tertiary alicyclic amines) is 1. The van der Waals surface area contributed by atoms with Crippen LogP contribution in [0.25, 0.3) is 11.3 Å². The lowest BCUT2D eigenvalue weighted by Gasteiger charge is -2.35. The summed E-state index contributed by atoms with van der Waals surface area (Å²) in [4.78, 5) is 21.7. The minimum absolute atomic E-state index is 0.188. The molecule has 148 valence electrons. The lowest BCUT2D eigenvalue weighted by Crippen LogP contribution is -2.47. The number of hydrogen-bond donors (Lipinski definition) is 0. The normalized spacial score (nSPS) is 20.9. The van der Waals surface area contributed by atoms with Crippen LogP contribution in [0.5, 0.6) is 0 Å². The first-order chi connectivity index (χ1) is 13.7. The maximum Gasteiger partial charge on any atom is 0.236 e. The highest BCUT2D eigenvalue weighted by molar-refractivity contribution is 5.78. The average Bonchev–Trinajstić information content (AvgIpc) is 2.75. The Morgan fingerprint density at radius 2 is 1.96 bits per heavy atom. The number of pyridine rings is 1. The summed E-state index contributed by atoms with van der Waals surface area (Å²) < 4.78 is 18.9. The smallest absolute Gasteiger partial charge is 0.236 e. The monoisotopic (exact) mass is 383 g/mol. The summed E-state index contributed by atoms with van der Waals surface area (Å²) in [6.45, 7) is 5.01. The van der Waals surface area contributed by atoms with Crippen LogP contribution in [0.1, 0.15) is 24.5 Å². The summed E-state index contributed by atoms with van der Waals surface area (Å²) in [5, 5.41) is 0. The number of rotatable bonds is 4. The van der Waals surface area contributed by atoms with Crippen molar-refractivity contribution in [3.63, 3.8) is 0 Å². The summed E-state index contributed by atoms with van der Waals surface area (Å²) in [5.74, 6) is 0.144. The summed E-state index contributed by atoms with van der Waals surface area (Å²) in [6, 6.07) is 12.4. The third kappa shape index (κ3) is 4.56. The molecule has 1 amide bonds. The van der Waals surface area contributed by atoms with Crippen molar-refractivity contribution in [2.75, 3.05) is 45.9 Å². The van der Waals surface area contributed by atoms with Crippen molar-refractivity contribution < 1.29 is 13.9 Å². The molecule has 28 heavy (non-hydrogen) atoms. The molecular weight excluding hydrogens is 357 g/mol. The van der Waals surface area contributed by atoms with E-state index in [1.807, 2.05) is 29.2 Å². The number of hydrogen-bond acceptors (Lipinski definition) is 4. The summed E-state index contributed by atoms with van der Waals surface area (Å²) >= 11 is 0. The van der Waals surface area contributed by atoms with Crippen LogP contribution in [-0.2, 0) is 9.53 Å². The number of amides is 1. The second-order valence-electron chi connectivity index (χ2n) is 7.53. The van der Waals surface area contributed by atoms with Gasteiger partial charge in [0.25, 0.3) is 0 Å². The van der Waals surface area contributed by atoms with E-state index in [4.69, 9.17) is 9.72 Å². The number of piperidine rings is 1. The molecule has 5 nitrogen and oxygen atoms in total. The van der Waals surface area contributed by atoms with E-state index >= 15 is 0 Å². The molecular formula is C22H26FN3O2. The molecule has 6 heteroatoms. The highest BCUT2D eigenvalue weighted by atomic mass is 19.1. The van der Waals surface area contributed by atoms with Crippen LogP contribution in [0.2, 0.25) is 0 Å². The molecule has 2 aliphatic rings. The second-order valence-corrected chi connectivity index (χ2v) is 7.53. The van der Waals surface area contributed by atoms with Gasteiger partial charge in [-0.3, -0.25) is 14.7 Å². The lowest BCUT2D eigenvalue weighted by molar-refractivity contribution is -0.134. The molecule has 0 spiro atoms. The molecule has 2 aromatic rings. The highest BCUT2D eigenvalue weighted by Gasteiger charge is 2.27. The number of benzene rings is 1. The van der Waals surface area contributed by atoms with Crippen molar-refractivity contribution in [3.05, 3.63) is 54.0 Å². The van der Waals surface area contributed by atoms with E-state index in [0.717, 1.165) is 49.4 Å². The van der Waals surface area contributed by atoms with Crippen molar-refractivity contribution >= 4 is 5.91 Å². The van der Waals surface area contributed by atoms with Gasteiger partial charge in [0, 0.05) is 43.4 Å². The predicted octanol–water partition coefficient (Wildman–Crippen LogP) is 2.93. The predicted molar refractivity (Wildman–Crippen MR) is 105 cm³/mol. The molecule has 0 saturated carbocycles. The van der Waals surface area contributed by atoms with Gasteiger partial charge in [-0.2, -0.15) is 0 Å². The first-order valence-electron chi connectivity index (χ1n) is 10.00. The van der Waals surface area contributed by atoms with Crippen LogP contribution in [0, 0.1) is 5.82 Å². The number of carbonyl (C=O) groups excluding carboxylic acids is 1. The zero-order valence-corrected chi connectivity index (χ0v) is 16.0. The largest absolute Gasteiger partial charge is 0.379 e. The number of nitrogens with zero attached hydrogens (tertiary/aromatic N) is 3. The fraction of sp³-hybridized carbons (Fsp3) is 0.455. The molecule has 3 heterocycles. The van der Waals surface area contributed by atoms with Gasteiger partial charge in [0.1, 0.15) is 5.82 Å². The van der Waals surface area contributed by atoms with E-state index in [-0.39, 0.29) is 17.6 Å². The van der Waals surface area contributed by atoms with Crippen LogP contribution >= 0.6 is 0 Å². The Hall–Kier alpha value is -2.31. The third-order valence-electron chi connectivity index (χ3n) is 5.55. The van der Waals surface area contributed by atoms with E-state index in [1.54, 1.807) is 6.07 Å². The van der Waals surface area contributed by atoms with Gasteiger partial charge in [-0.05, 0) is 37.1 Å². The second kappa shape index (κ2) is 8.80. The first-order valence-corrected chi connectivity index (χ1v) is 10.00. The van der Waals surface area contributed by atoms with Gasteiger partial charge in [0.15, 0.2) is 0 Å². The van der Waals surface area contributed by atoms with Crippen LogP contribution in [0.3, 0.4) is 0 Å². The van der Waals surface area contributed by atoms with Gasteiger partial charge in [-0.15, -0.1) is 0 Å². The standard InChI is InChI=1S/C22H26FN3O2/c23-19-6-1-4-17(14-19)20-7-2-8-21(24-20)18-5-3-9-26(15-18)22(27)16-25-10-12-28-13-11-25/h1-2,4,6-8,14,18H,3,5,9-13,15-16H2. The quantitative estimate of drug-likeness (QED) is 0.814. The topological polar surface area (TPSA) is 45.7 Å². The number of carbonyl (C=O) groups is 1. The van der Waals surface area contributed by atoms with Crippen molar-refractivity contribution in [2.24, 2.45) is 0 Å². The molecule has 2 saturated heterocycles. The van der Waals surface area contributed by atoms with E-state index in [1.165, 1.54) is 12.1 Å². The van der Waals surface area contributed by atoms with Gasteiger partial charge < -0.3 is 9.64 Å². The molecule has 2 aliphatic heterocycles. The molecule has 1 unspecified atom stereocenters. The molecule has 0 aliphatic carbocycles. The average molecular weight is 383 g/mol. The Labute approximate surface area is 165 Å². The summed E-state index contributed by atoms with van der Waals surface area (Å²) in [5.41, 5.74) is 2.53. The van der Waals surface area contributed by atoms with E-state index in [0.29, 0.717) is 26.3 Å². The van der Waals surface area contributed by atoms with Gasteiger partial charge in [-0.1, -0.05) is 18.2 Å². The number of aromatic nitrogens is 1. The number of halogens is 1. The maximum atomic E-state index is 13.6. The van der Waals surface area contributed by atoms with Crippen molar-refractivity contribution in [1.82, 2.24) is 14.8 Å². The van der Waals surface area contributed by atoms with E-state index in [9.17, 15) is 9.18 Å². The van der Waals surface area contributed by atoms with Crippen molar-refractivity contribution in [1.29, 1.82) is 0 Å². The zero-order chi connectivity index (χ0) is 19.3. The molecule has 1 aromatic carbocycles. The Bertz CT molecular complexity index is 823. The Morgan fingerprint density at radius 3 is 2.79 bits per heavy atom. The van der Waals surface area contributed by atoms with Gasteiger partial charge in [0.05, 0.1) is 25.5 Å². The summed E-state index contributed by atoms with van der Waals surface area (Å²) in [6.07, 6.45) is 1.99. The van der Waals surface area contributed by atoms with E-state index < -0.39 is 0 Å². The fourth-order valence-electron chi connectivity index (χ4n) is 3.98. The molecule has 1 atom stereocenters. The third-order valence-corrected chi connectivity index (χ3v) is 5.55. The minimum Gasteiger partial charge on any atom is -0.379 e. The van der Waals surface area contributed by atoms with Crippen molar-refractivity contribution in [2.45, 2.75) is 18.8 Å². The molecule has 0 bridgehead atoms. The van der Waals surface area contributed by atoms with Crippen molar-refractivity contribution in [3.8, 4) is 11.3 Å². The minimum atomic E-state index is -0.262. The Balaban J connectivity index is 1.44. The molecule has 1 aromatic heterocycles. The Morgan fingerprint density at radius 1 is 1.14 bits per heavy atom. The molecule has 2 fully saturated rings. The first kappa shape index (κ1) is 19.0. The zero-order valence-electron chi connectivity index (χ0n) is 16.0. The number of morpholine rings is 1. The Kier molecular flexibility index (Phi) is 5.98. The van der Waals surface area contributed by atoms with E-state index in [2.05, 4.69) is 4.90 Å². The molecule has 0 radical (unpaired) electrons. The summed E-state index contributed by atoms with van der Waals surface area (Å²) in [7, 11) is 0. The fourth-order valence-corrected chi connectivity index (χ4v) is 3.98. The van der Waals surface area contributed by atoms with Gasteiger partial charge in [-0.25, -0.2) is 4.39 Å². The SMILES string of the molecule is O=C(CN1CCOCC1)N1CCCC(c2cccc(-c3cccc(F)c3)n2)C1. The van der Waals surface area contributed by atoms with Crippen LogP contribution in [0.15, 0.2) is 42.5 Å². The van der Waals surface area contributed by atoms with Crippen LogP contribution < -0.4 is 0 Å². The van der Waals surface area contributed by atoms with Gasteiger partial charge >= 0.3 is 0 Å². The van der Waals surface area contributed by atoms with Gasteiger partial charge in [0.2, 0.25) is 5.91 Å². The van der Waals surface area contributed by atoms with Crippen LogP contribution in [-0.4, -0.2) is 66.6 Å². The molecule has 0 N–H and O–H groups in total. The maximum absolute atomic E-state index is 13.6. The highest BCUT2D eigenvalue weighted by Crippen LogP contribution is 2.28. The number of ether oxygens (including phenoxy) is 1. The van der Waals surface area contributed by atoms with Crippen LogP contribution in [0.4, 0.5) is 4.39 Å². The molecule has 4 rings (SSSR count).